The summed E-state index contributed by atoms with van der Waals surface area (Å²) in [7, 11) is 0. The van der Waals surface area contributed by atoms with E-state index >= 15 is 0 Å². The van der Waals surface area contributed by atoms with Crippen molar-refractivity contribution in [2.45, 2.75) is 33.2 Å². The highest BCUT2D eigenvalue weighted by Gasteiger charge is 2.23. The zero-order valence-corrected chi connectivity index (χ0v) is 15.3. The predicted octanol–water partition coefficient (Wildman–Crippen LogP) is 3.32. The first-order valence-electron chi connectivity index (χ1n) is 8.83. The van der Waals surface area contributed by atoms with Crippen LogP contribution in [0.1, 0.15) is 37.7 Å². The number of fused-ring (bicyclic) bond motifs is 1. The maximum absolute atomic E-state index is 12.4. The number of benzene rings is 1. The number of rotatable bonds is 7. The van der Waals surface area contributed by atoms with Gasteiger partial charge in [0.1, 0.15) is 5.75 Å². The number of amides is 1. The average molecular weight is 352 g/mol. The molecule has 3 aromatic rings. The second kappa shape index (κ2) is 7.99. The first-order chi connectivity index (χ1) is 12.5. The van der Waals surface area contributed by atoms with Gasteiger partial charge in [-0.05, 0) is 42.7 Å². The lowest BCUT2D eigenvalue weighted by atomic mass is 10.0. The van der Waals surface area contributed by atoms with Crippen LogP contribution in [0.3, 0.4) is 0 Å². The Labute approximate surface area is 153 Å². The van der Waals surface area contributed by atoms with E-state index in [9.17, 15) is 4.79 Å². The van der Waals surface area contributed by atoms with Crippen molar-refractivity contribution in [3.05, 3.63) is 60.0 Å². The molecule has 1 atom stereocenters. The van der Waals surface area contributed by atoms with Gasteiger partial charge in [0.05, 0.1) is 19.1 Å². The largest absolute Gasteiger partial charge is 0.493 e. The van der Waals surface area contributed by atoms with E-state index in [4.69, 9.17) is 4.74 Å². The number of ether oxygens (including phenoxy) is 1. The first-order valence-corrected chi connectivity index (χ1v) is 8.83. The van der Waals surface area contributed by atoms with E-state index in [1.165, 1.54) is 0 Å². The number of carbonyl (C=O) groups is 1. The van der Waals surface area contributed by atoms with Crippen molar-refractivity contribution in [2.24, 2.45) is 5.92 Å². The molecule has 0 saturated heterocycles. The minimum atomic E-state index is -0.209. The molecule has 0 unspecified atom stereocenters. The molecule has 0 spiro atoms. The Morgan fingerprint density at radius 2 is 2.04 bits per heavy atom. The van der Waals surface area contributed by atoms with Gasteiger partial charge in [-0.1, -0.05) is 32.0 Å². The van der Waals surface area contributed by atoms with Gasteiger partial charge < -0.3 is 10.1 Å². The minimum absolute atomic E-state index is 0.0657. The molecule has 0 aliphatic heterocycles. The Morgan fingerprint density at radius 1 is 1.19 bits per heavy atom. The second-order valence-electron chi connectivity index (χ2n) is 6.69. The number of aryl methyl sites for hydroxylation is 1. The number of nitrogens with one attached hydrogen (secondary N) is 1. The van der Waals surface area contributed by atoms with Crippen LogP contribution < -0.4 is 10.1 Å². The lowest BCUT2D eigenvalue weighted by Crippen LogP contribution is -2.33. The molecule has 6 heteroatoms. The Kier molecular flexibility index (Phi) is 5.51. The quantitative estimate of drug-likeness (QED) is 0.708. The normalized spacial score (nSPS) is 12.3. The molecule has 2 aromatic heterocycles. The molecule has 0 aliphatic rings. The van der Waals surface area contributed by atoms with E-state index in [0.29, 0.717) is 6.61 Å². The monoisotopic (exact) mass is 352 g/mol. The molecule has 26 heavy (non-hydrogen) atoms. The number of hydrogen-bond donors (Lipinski definition) is 1. The van der Waals surface area contributed by atoms with Crippen LogP contribution in [-0.2, 0) is 4.79 Å². The maximum atomic E-state index is 12.4. The molecule has 136 valence electrons. The van der Waals surface area contributed by atoms with Crippen molar-refractivity contribution in [1.29, 1.82) is 0 Å². The van der Waals surface area contributed by atoms with Crippen LogP contribution in [0.15, 0.2) is 48.7 Å². The van der Waals surface area contributed by atoms with Crippen LogP contribution in [0.2, 0.25) is 0 Å². The fraction of sp³-hybridized carbons (Fsp3) is 0.350. The van der Waals surface area contributed by atoms with Gasteiger partial charge in [0.25, 0.3) is 0 Å². The van der Waals surface area contributed by atoms with E-state index in [1.807, 2.05) is 60.0 Å². The summed E-state index contributed by atoms with van der Waals surface area (Å²) in [6.45, 7) is 6.45. The van der Waals surface area contributed by atoms with Crippen LogP contribution in [-0.4, -0.2) is 27.1 Å². The summed E-state index contributed by atoms with van der Waals surface area (Å²) in [5, 5.41) is 11.5. The second-order valence-corrected chi connectivity index (χ2v) is 6.69. The highest BCUT2D eigenvalue weighted by Crippen LogP contribution is 2.21. The lowest BCUT2D eigenvalue weighted by molar-refractivity contribution is -0.122. The van der Waals surface area contributed by atoms with Gasteiger partial charge in [0.15, 0.2) is 11.5 Å². The van der Waals surface area contributed by atoms with Crippen molar-refractivity contribution in [2.75, 3.05) is 6.61 Å². The standard InChI is InChI=1S/C20H24N4O2/c1-14(2)19(20-23-22-17-9-4-5-11-24(17)20)21-18(25)10-12-26-16-8-6-7-15(3)13-16/h4-9,11,13-14,19H,10,12H2,1-3H3,(H,21,25)/t19-/m0/s1. The smallest absolute Gasteiger partial charge is 0.224 e. The van der Waals surface area contributed by atoms with E-state index < -0.39 is 0 Å². The molecule has 1 N–H and O–H groups in total. The summed E-state index contributed by atoms with van der Waals surface area (Å²) in [6, 6.07) is 13.3. The third kappa shape index (κ3) is 4.20. The van der Waals surface area contributed by atoms with E-state index in [1.54, 1.807) is 0 Å². The van der Waals surface area contributed by atoms with Gasteiger partial charge in [-0.25, -0.2) is 0 Å². The molecule has 0 bridgehead atoms. The Bertz CT molecular complexity index is 888. The Hall–Kier alpha value is -2.89. The van der Waals surface area contributed by atoms with E-state index in [-0.39, 0.29) is 24.3 Å². The number of pyridine rings is 1. The molecule has 3 rings (SSSR count). The van der Waals surface area contributed by atoms with Crippen LogP contribution >= 0.6 is 0 Å². The lowest BCUT2D eigenvalue weighted by Gasteiger charge is -2.21. The van der Waals surface area contributed by atoms with Crippen molar-refractivity contribution < 1.29 is 9.53 Å². The van der Waals surface area contributed by atoms with Crippen molar-refractivity contribution in [1.82, 2.24) is 19.9 Å². The number of carbonyl (C=O) groups excluding carboxylic acids is 1. The topological polar surface area (TPSA) is 68.5 Å². The molecule has 1 amide bonds. The molecule has 6 nitrogen and oxygen atoms in total. The van der Waals surface area contributed by atoms with E-state index in [0.717, 1.165) is 22.8 Å². The molecular formula is C20H24N4O2. The summed E-state index contributed by atoms with van der Waals surface area (Å²) < 4.78 is 7.58. The van der Waals surface area contributed by atoms with Gasteiger partial charge in [-0.3, -0.25) is 9.20 Å². The zero-order valence-electron chi connectivity index (χ0n) is 15.3. The zero-order chi connectivity index (χ0) is 18.5. The predicted molar refractivity (Wildman–Crippen MR) is 100.0 cm³/mol. The van der Waals surface area contributed by atoms with Crippen molar-refractivity contribution in [3.63, 3.8) is 0 Å². The fourth-order valence-electron chi connectivity index (χ4n) is 2.81. The summed E-state index contributed by atoms with van der Waals surface area (Å²) in [5.74, 6) is 1.64. The number of aromatic nitrogens is 3. The van der Waals surface area contributed by atoms with Crippen LogP contribution in [0.4, 0.5) is 0 Å². The molecular weight excluding hydrogens is 328 g/mol. The Morgan fingerprint density at radius 3 is 2.81 bits per heavy atom. The third-order valence-electron chi connectivity index (χ3n) is 4.19. The van der Waals surface area contributed by atoms with Gasteiger partial charge in [-0.2, -0.15) is 0 Å². The third-order valence-corrected chi connectivity index (χ3v) is 4.19. The van der Waals surface area contributed by atoms with Gasteiger partial charge >= 0.3 is 0 Å². The van der Waals surface area contributed by atoms with E-state index in [2.05, 4.69) is 29.4 Å². The summed E-state index contributed by atoms with van der Waals surface area (Å²) in [4.78, 5) is 12.4. The maximum Gasteiger partial charge on any atom is 0.224 e. The molecule has 0 aliphatic carbocycles. The van der Waals surface area contributed by atoms with Crippen molar-refractivity contribution in [3.8, 4) is 5.75 Å². The number of hydrogen-bond acceptors (Lipinski definition) is 4. The highest BCUT2D eigenvalue weighted by atomic mass is 16.5. The van der Waals surface area contributed by atoms with Crippen LogP contribution in [0.25, 0.3) is 5.65 Å². The van der Waals surface area contributed by atoms with Crippen LogP contribution in [0.5, 0.6) is 5.75 Å². The number of nitrogens with zero attached hydrogens (tertiary/aromatic N) is 3. The fourth-order valence-corrected chi connectivity index (χ4v) is 2.81. The average Bonchev–Trinajstić information content (AvgIpc) is 3.03. The summed E-state index contributed by atoms with van der Waals surface area (Å²) in [5.41, 5.74) is 1.90. The SMILES string of the molecule is Cc1cccc(OCCC(=O)N[C@H](c2nnc3ccccn23)C(C)C)c1. The highest BCUT2D eigenvalue weighted by molar-refractivity contribution is 5.76. The summed E-state index contributed by atoms with van der Waals surface area (Å²) in [6.07, 6.45) is 2.20. The van der Waals surface area contributed by atoms with Crippen LogP contribution in [0, 0.1) is 12.8 Å². The molecule has 0 fully saturated rings. The first kappa shape index (κ1) is 17.9. The van der Waals surface area contributed by atoms with Gasteiger partial charge in [-0.15, -0.1) is 10.2 Å². The van der Waals surface area contributed by atoms with Crippen molar-refractivity contribution >= 4 is 11.6 Å². The Balaban J connectivity index is 1.62. The summed E-state index contributed by atoms with van der Waals surface area (Å²) >= 11 is 0. The van der Waals surface area contributed by atoms with Gasteiger partial charge in [0.2, 0.25) is 5.91 Å². The molecule has 2 heterocycles. The molecule has 0 saturated carbocycles. The minimum Gasteiger partial charge on any atom is -0.493 e. The van der Waals surface area contributed by atoms with Gasteiger partial charge in [0, 0.05) is 6.20 Å². The molecule has 1 aromatic carbocycles. The molecule has 0 radical (unpaired) electrons.